The zero-order valence-corrected chi connectivity index (χ0v) is 14.3. The lowest BCUT2D eigenvalue weighted by molar-refractivity contribution is 0.138. The van der Waals surface area contributed by atoms with Gasteiger partial charge in [0.1, 0.15) is 5.82 Å². The second-order valence-electron chi connectivity index (χ2n) is 6.68. The van der Waals surface area contributed by atoms with E-state index < -0.39 is 0 Å². The van der Waals surface area contributed by atoms with Gasteiger partial charge in [-0.05, 0) is 44.4 Å². The average molecular weight is 318 g/mol. The molecule has 0 aliphatic carbocycles. The highest BCUT2D eigenvalue weighted by atomic mass is 16.5. The highest BCUT2D eigenvalue weighted by Gasteiger charge is 2.26. The number of anilines is 1. The summed E-state index contributed by atoms with van der Waals surface area (Å²) >= 11 is 0. The molecule has 3 heterocycles. The molecular weight excluding hydrogens is 288 g/mol. The van der Waals surface area contributed by atoms with Crippen LogP contribution in [0, 0.1) is 0 Å². The van der Waals surface area contributed by atoms with Gasteiger partial charge in [0.15, 0.2) is 0 Å². The molecule has 2 aliphatic heterocycles. The summed E-state index contributed by atoms with van der Waals surface area (Å²) in [6.45, 7) is 6.48. The fraction of sp³-hybridized carbons (Fsp3) is 0.722. The van der Waals surface area contributed by atoms with E-state index in [2.05, 4.69) is 32.2 Å². The number of hydrogen-bond donors (Lipinski definition) is 1. The molecular formula is C18H30N4O. The topological polar surface area (TPSA) is 40.6 Å². The van der Waals surface area contributed by atoms with E-state index >= 15 is 0 Å². The van der Waals surface area contributed by atoms with Crippen LogP contribution in [0.2, 0.25) is 0 Å². The van der Waals surface area contributed by atoms with Crippen LogP contribution >= 0.6 is 0 Å². The largest absolute Gasteiger partial charge is 0.383 e. The summed E-state index contributed by atoms with van der Waals surface area (Å²) < 4.78 is 5.23. The molecule has 1 atom stereocenters. The van der Waals surface area contributed by atoms with Crippen molar-refractivity contribution in [3.05, 3.63) is 24.4 Å². The van der Waals surface area contributed by atoms with E-state index in [0.29, 0.717) is 12.1 Å². The van der Waals surface area contributed by atoms with Crippen molar-refractivity contribution in [2.24, 2.45) is 0 Å². The lowest BCUT2D eigenvalue weighted by Crippen LogP contribution is -2.47. The molecule has 2 fully saturated rings. The lowest BCUT2D eigenvalue weighted by Gasteiger charge is -2.34. The van der Waals surface area contributed by atoms with Gasteiger partial charge in [-0.1, -0.05) is 6.07 Å². The molecule has 1 aromatic heterocycles. The number of rotatable bonds is 7. The number of ether oxygens (including phenoxy) is 1. The molecule has 3 rings (SSSR count). The lowest BCUT2D eigenvalue weighted by atomic mass is 10.0. The molecule has 0 spiro atoms. The molecule has 23 heavy (non-hydrogen) atoms. The number of likely N-dealkylation sites (tertiary alicyclic amines) is 1. The maximum Gasteiger partial charge on any atom is 0.128 e. The SMILES string of the molecule is COCCN1CCCC1CNC1CCN(c2ccccn2)CC1. The molecule has 2 saturated heterocycles. The number of methoxy groups -OCH3 is 1. The molecule has 1 unspecified atom stereocenters. The molecule has 2 aliphatic rings. The van der Waals surface area contributed by atoms with Crippen molar-refractivity contribution in [1.29, 1.82) is 0 Å². The highest BCUT2D eigenvalue weighted by molar-refractivity contribution is 5.38. The third-order valence-electron chi connectivity index (χ3n) is 5.19. The molecule has 0 radical (unpaired) electrons. The minimum Gasteiger partial charge on any atom is -0.383 e. The van der Waals surface area contributed by atoms with Crippen LogP contribution in [0.4, 0.5) is 5.82 Å². The van der Waals surface area contributed by atoms with E-state index in [1.807, 2.05) is 12.3 Å². The molecule has 5 nitrogen and oxygen atoms in total. The summed E-state index contributed by atoms with van der Waals surface area (Å²) in [4.78, 5) is 9.45. The number of nitrogens with zero attached hydrogens (tertiary/aromatic N) is 3. The maximum absolute atomic E-state index is 5.23. The van der Waals surface area contributed by atoms with E-state index in [1.165, 1.54) is 32.2 Å². The van der Waals surface area contributed by atoms with Gasteiger partial charge in [-0.2, -0.15) is 0 Å². The van der Waals surface area contributed by atoms with Crippen molar-refractivity contribution in [2.45, 2.75) is 37.8 Å². The Hall–Kier alpha value is -1.17. The van der Waals surface area contributed by atoms with Crippen LogP contribution in [0.15, 0.2) is 24.4 Å². The first-order valence-electron chi connectivity index (χ1n) is 8.99. The van der Waals surface area contributed by atoms with Gasteiger partial charge >= 0.3 is 0 Å². The van der Waals surface area contributed by atoms with Gasteiger partial charge in [-0.25, -0.2) is 4.98 Å². The second kappa shape index (κ2) is 8.62. The molecule has 0 aromatic carbocycles. The van der Waals surface area contributed by atoms with Gasteiger partial charge in [0.25, 0.3) is 0 Å². The summed E-state index contributed by atoms with van der Waals surface area (Å²) in [5.41, 5.74) is 0. The predicted molar refractivity (Wildman–Crippen MR) is 93.9 cm³/mol. The average Bonchev–Trinajstić information content (AvgIpc) is 3.07. The van der Waals surface area contributed by atoms with Crippen molar-refractivity contribution in [3.8, 4) is 0 Å². The molecule has 0 amide bonds. The smallest absolute Gasteiger partial charge is 0.128 e. The van der Waals surface area contributed by atoms with Gasteiger partial charge in [0, 0.05) is 51.6 Å². The van der Waals surface area contributed by atoms with Crippen molar-refractivity contribution in [2.75, 3.05) is 51.3 Å². The monoisotopic (exact) mass is 318 g/mol. The van der Waals surface area contributed by atoms with E-state index in [9.17, 15) is 0 Å². The Morgan fingerprint density at radius 3 is 2.83 bits per heavy atom. The molecule has 1 aromatic rings. The van der Waals surface area contributed by atoms with Crippen molar-refractivity contribution in [1.82, 2.24) is 15.2 Å². The Morgan fingerprint density at radius 1 is 1.22 bits per heavy atom. The zero-order chi connectivity index (χ0) is 15.9. The van der Waals surface area contributed by atoms with Crippen LogP contribution in [0.5, 0.6) is 0 Å². The van der Waals surface area contributed by atoms with E-state index in [0.717, 1.165) is 38.6 Å². The Kier molecular flexibility index (Phi) is 6.25. The standard InChI is InChI=1S/C18H30N4O/c1-23-14-13-21-10-4-5-17(21)15-20-16-7-11-22(12-8-16)18-6-2-3-9-19-18/h2-3,6,9,16-17,20H,4-5,7-8,10-15H2,1H3. The fourth-order valence-corrected chi connectivity index (χ4v) is 3.79. The second-order valence-corrected chi connectivity index (χ2v) is 6.68. The Morgan fingerprint density at radius 2 is 2.09 bits per heavy atom. The quantitative estimate of drug-likeness (QED) is 0.829. The molecule has 128 valence electrons. The first-order chi connectivity index (χ1) is 11.4. The van der Waals surface area contributed by atoms with Gasteiger partial charge in [0.2, 0.25) is 0 Å². The Bertz CT molecular complexity index is 448. The van der Waals surface area contributed by atoms with Crippen molar-refractivity contribution < 1.29 is 4.74 Å². The summed E-state index contributed by atoms with van der Waals surface area (Å²) in [7, 11) is 1.79. The van der Waals surface area contributed by atoms with E-state index in [1.54, 1.807) is 7.11 Å². The third-order valence-corrected chi connectivity index (χ3v) is 5.19. The molecule has 1 N–H and O–H groups in total. The van der Waals surface area contributed by atoms with Crippen LogP contribution in [-0.4, -0.2) is 68.4 Å². The van der Waals surface area contributed by atoms with Crippen LogP contribution < -0.4 is 10.2 Å². The zero-order valence-electron chi connectivity index (χ0n) is 14.3. The Labute approximate surface area is 140 Å². The molecule has 5 heteroatoms. The van der Waals surface area contributed by atoms with Crippen LogP contribution in [0.3, 0.4) is 0 Å². The van der Waals surface area contributed by atoms with Gasteiger partial charge in [-0.15, -0.1) is 0 Å². The van der Waals surface area contributed by atoms with Crippen LogP contribution in [0.1, 0.15) is 25.7 Å². The number of piperidine rings is 1. The minimum atomic E-state index is 0.653. The summed E-state index contributed by atoms with van der Waals surface area (Å²) in [5.74, 6) is 1.12. The van der Waals surface area contributed by atoms with Crippen LogP contribution in [0.25, 0.3) is 0 Å². The fourth-order valence-electron chi connectivity index (χ4n) is 3.79. The third kappa shape index (κ3) is 4.66. The van der Waals surface area contributed by atoms with Gasteiger partial charge < -0.3 is 15.0 Å². The highest BCUT2D eigenvalue weighted by Crippen LogP contribution is 2.19. The van der Waals surface area contributed by atoms with Gasteiger partial charge in [0.05, 0.1) is 6.61 Å². The van der Waals surface area contributed by atoms with Crippen molar-refractivity contribution in [3.63, 3.8) is 0 Å². The van der Waals surface area contributed by atoms with E-state index in [-0.39, 0.29) is 0 Å². The maximum atomic E-state index is 5.23. The first kappa shape index (κ1) is 16.7. The van der Waals surface area contributed by atoms with Gasteiger partial charge in [-0.3, -0.25) is 4.90 Å². The number of pyridine rings is 1. The minimum absolute atomic E-state index is 0.653. The van der Waals surface area contributed by atoms with Crippen molar-refractivity contribution >= 4 is 5.82 Å². The summed E-state index contributed by atoms with van der Waals surface area (Å²) in [6, 6.07) is 7.51. The van der Waals surface area contributed by atoms with E-state index in [4.69, 9.17) is 4.74 Å². The number of hydrogen-bond acceptors (Lipinski definition) is 5. The summed E-state index contributed by atoms with van der Waals surface area (Å²) in [5, 5.41) is 3.81. The Balaban J connectivity index is 1.39. The first-order valence-corrected chi connectivity index (χ1v) is 8.99. The number of nitrogens with one attached hydrogen (secondary N) is 1. The van der Waals surface area contributed by atoms with Crippen LogP contribution in [-0.2, 0) is 4.74 Å². The molecule has 0 bridgehead atoms. The number of aromatic nitrogens is 1. The molecule has 0 saturated carbocycles. The predicted octanol–water partition coefficient (Wildman–Crippen LogP) is 1.75. The summed E-state index contributed by atoms with van der Waals surface area (Å²) in [6.07, 6.45) is 6.95. The normalized spacial score (nSPS) is 23.5.